The number of rotatable bonds is 6. The summed E-state index contributed by atoms with van der Waals surface area (Å²) in [7, 11) is 2.08. The van der Waals surface area contributed by atoms with Crippen LogP contribution in [-0.2, 0) is 14.9 Å². The van der Waals surface area contributed by atoms with Crippen LogP contribution in [0.1, 0.15) is 31.2 Å². The Bertz CT molecular complexity index is 572. The predicted octanol–water partition coefficient (Wildman–Crippen LogP) is 2.43. The summed E-state index contributed by atoms with van der Waals surface area (Å²) in [4.78, 5) is 16.1. The van der Waals surface area contributed by atoms with Crippen molar-refractivity contribution in [2.24, 2.45) is 0 Å². The first-order chi connectivity index (χ1) is 11.6. The van der Waals surface area contributed by atoms with E-state index in [9.17, 15) is 9.18 Å². The van der Waals surface area contributed by atoms with Crippen LogP contribution < -0.4 is 0 Å². The van der Waals surface area contributed by atoms with Gasteiger partial charge in [-0.05, 0) is 44.0 Å². The fourth-order valence-electron chi connectivity index (χ4n) is 3.85. The van der Waals surface area contributed by atoms with E-state index in [-0.39, 0.29) is 17.1 Å². The molecule has 1 amide bonds. The van der Waals surface area contributed by atoms with Gasteiger partial charge in [0, 0.05) is 44.6 Å². The van der Waals surface area contributed by atoms with Crippen LogP contribution in [-0.4, -0.2) is 62.1 Å². The Labute approximate surface area is 143 Å². The van der Waals surface area contributed by atoms with Crippen LogP contribution in [0.4, 0.5) is 4.39 Å². The van der Waals surface area contributed by atoms with Gasteiger partial charge >= 0.3 is 0 Å². The highest BCUT2D eigenvalue weighted by Gasteiger charge is 2.38. The predicted molar refractivity (Wildman–Crippen MR) is 91.4 cm³/mol. The average Bonchev–Trinajstić information content (AvgIpc) is 3.04. The average molecular weight is 334 g/mol. The maximum Gasteiger partial charge on any atom is 0.222 e. The highest BCUT2D eigenvalue weighted by Crippen LogP contribution is 2.34. The standard InChI is InChI=1S/C19H27FN2O2/c1-21(10-11-22-9-3-2-7-18(22)23)14-19(8-12-24-15-19)16-5-4-6-17(20)13-16/h4-6,13H,2-3,7-12,14-15H2,1H3. The van der Waals surface area contributed by atoms with E-state index in [1.165, 1.54) is 6.07 Å². The molecule has 3 rings (SSSR count). The molecule has 1 atom stereocenters. The molecular weight excluding hydrogens is 307 g/mol. The van der Waals surface area contributed by atoms with E-state index in [1.807, 2.05) is 11.0 Å². The second kappa shape index (κ2) is 7.62. The van der Waals surface area contributed by atoms with Gasteiger partial charge in [-0.25, -0.2) is 4.39 Å². The van der Waals surface area contributed by atoms with E-state index in [0.717, 1.165) is 57.6 Å². The van der Waals surface area contributed by atoms with Gasteiger partial charge in [-0.2, -0.15) is 0 Å². The Morgan fingerprint density at radius 2 is 2.25 bits per heavy atom. The Kier molecular flexibility index (Phi) is 5.51. The quantitative estimate of drug-likeness (QED) is 0.801. The molecule has 5 heteroatoms. The number of amides is 1. The molecular formula is C19H27FN2O2. The molecule has 1 unspecified atom stereocenters. The summed E-state index contributed by atoms with van der Waals surface area (Å²) in [6, 6.07) is 6.90. The third-order valence-electron chi connectivity index (χ3n) is 5.29. The lowest BCUT2D eigenvalue weighted by Gasteiger charge is -2.34. The van der Waals surface area contributed by atoms with E-state index >= 15 is 0 Å². The van der Waals surface area contributed by atoms with Crippen LogP contribution in [0.5, 0.6) is 0 Å². The molecule has 0 spiro atoms. The van der Waals surface area contributed by atoms with Crippen LogP contribution in [0.2, 0.25) is 0 Å². The lowest BCUT2D eigenvalue weighted by Crippen LogP contribution is -2.44. The van der Waals surface area contributed by atoms with E-state index in [2.05, 4.69) is 11.9 Å². The topological polar surface area (TPSA) is 32.8 Å². The summed E-state index contributed by atoms with van der Waals surface area (Å²) in [6.45, 7) is 4.65. The van der Waals surface area contributed by atoms with Crippen molar-refractivity contribution in [3.05, 3.63) is 35.6 Å². The van der Waals surface area contributed by atoms with Crippen molar-refractivity contribution >= 4 is 5.91 Å². The first-order valence-corrected chi connectivity index (χ1v) is 8.89. The fourth-order valence-corrected chi connectivity index (χ4v) is 3.85. The minimum atomic E-state index is -0.194. The van der Waals surface area contributed by atoms with Crippen molar-refractivity contribution in [1.29, 1.82) is 0 Å². The molecule has 24 heavy (non-hydrogen) atoms. The number of likely N-dealkylation sites (N-methyl/N-ethyl adjacent to an activating group) is 1. The molecule has 0 bridgehead atoms. The van der Waals surface area contributed by atoms with Gasteiger partial charge in [0.2, 0.25) is 5.91 Å². The van der Waals surface area contributed by atoms with Gasteiger partial charge in [-0.1, -0.05) is 12.1 Å². The number of hydrogen-bond donors (Lipinski definition) is 0. The molecule has 0 saturated carbocycles. The molecule has 2 heterocycles. The summed E-state index contributed by atoms with van der Waals surface area (Å²) in [5.41, 5.74) is 0.865. The Balaban J connectivity index is 1.62. The van der Waals surface area contributed by atoms with Crippen molar-refractivity contribution in [3.63, 3.8) is 0 Å². The number of halogens is 1. The van der Waals surface area contributed by atoms with E-state index in [4.69, 9.17) is 4.74 Å². The minimum Gasteiger partial charge on any atom is -0.380 e. The summed E-state index contributed by atoms with van der Waals surface area (Å²) in [5.74, 6) is 0.0824. The molecule has 132 valence electrons. The maximum absolute atomic E-state index is 13.7. The first-order valence-electron chi connectivity index (χ1n) is 8.89. The number of likely N-dealkylation sites (tertiary alicyclic amines) is 1. The molecule has 0 N–H and O–H groups in total. The van der Waals surface area contributed by atoms with Crippen LogP contribution >= 0.6 is 0 Å². The van der Waals surface area contributed by atoms with Crippen LogP contribution in [0.25, 0.3) is 0 Å². The first kappa shape index (κ1) is 17.4. The fraction of sp³-hybridized carbons (Fsp3) is 0.632. The summed E-state index contributed by atoms with van der Waals surface area (Å²) in [5, 5.41) is 0. The smallest absolute Gasteiger partial charge is 0.222 e. The molecule has 4 nitrogen and oxygen atoms in total. The molecule has 0 aliphatic carbocycles. The molecule has 2 fully saturated rings. The van der Waals surface area contributed by atoms with Crippen molar-refractivity contribution in [1.82, 2.24) is 9.80 Å². The second-order valence-electron chi connectivity index (χ2n) is 7.17. The highest BCUT2D eigenvalue weighted by atomic mass is 19.1. The molecule has 2 aliphatic rings. The molecule has 2 aliphatic heterocycles. The van der Waals surface area contributed by atoms with Gasteiger partial charge in [0.15, 0.2) is 0 Å². The third-order valence-corrected chi connectivity index (χ3v) is 5.29. The van der Waals surface area contributed by atoms with Crippen molar-refractivity contribution < 1.29 is 13.9 Å². The summed E-state index contributed by atoms with van der Waals surface area (Å²) >= 11 is 0. The van der Waals surface area contributed by atoms with Crippen molar-refractivity contribution in [2.45, 2.75) is 31.1 Å². The zero-order valence-electron chi connectivity index (χ0n) is 14.5. The number of hydrogen-bond acceptors (Lipinski definition) is 3. The number of nitrogens with zero attached hydrogens (tertiary/aromatic N) is 2. The van der Waals surface area contributed by atoms with Crippen LogP contribution in [0, 0.1) is 5.82 Å². The second-order valence-corrected chi connectivity index (χ2v) is 7.17. The zero-order chi connectivity index (χ0) is 17.0. The van der Waals surface area contributed by atoms with Gasteiger partial charge < -0.3 is 14.5 Å². The van der Waals surface area contributed by atoms with Crippen LogP contribution in [0.3, 0.4) is 0 Å². The number of benzene rings is 1. The van der Waals surface area contributed by atoms with Crippen molar-refractivity contribution in [2.75, 3.05) is 46.4 Å². The number of carbonyl (C=O) groups excluding carboxylic acids is 1. The monoisotopic (exact) mass is 334 g/mol. The molecule has 1 aromatic carbocycles. The zero-order valence-corrected chi connectivity index (χ0v) is 14.5. The lowest BCUT2D eigenvalue weighted by atomic mass is 9.79. The molecule has 0 aromatic heterocycles. The number of ether oxygens (including phenoxy) is 1. The van der Waals surface area contributed by atoms with Gasteiger partial charge in [0.25, 0.3) is 0 Å². The van der Waals surface area contributed by atoms with E-state index < -0.39 is 0 Å². The highest BCUT2D eigenvalue weighted by molar-refractivity contribution is 5.76. The molecule has 2 saturated heterocycles. The molecule has 0 radical (unpaired) electrons. The van der Waals surface area contributed by atoms with E-state index in [1.54, 1.807) is 12.1 Å². The van der Waals surface area contributed by atoms with Gasteiger partial charge in [-0.15, -0.1) is 0 Å². The maximum atomic E-state index is 13.7. The van der Waals surface area contributed by atoms with Crippen LogP contribution in [0.15, 0.2) is 24.3 Å². The van der Waals surface area contributed by atoms with Gasteiger partial charge in [-0.3, -0.25) is 4.79 Å². The summed E-state index contributed by atoms with van der Waals surface area (Å²) < 4.78 is 19.3. The Hall–Kier alpha value is -1.46. The van der Waals surface area contributed by atoms with E-state index in [0.29, 0.717) is 13.0 Å². The van der Waals surface area contributed by atoms with Gasteiger partial charge in [0.1, 0.15) is 5.82 Å². The lowest BCUT2D eigenvalue weighted by molar-refractivity contribution is -0.133. The number of piperidine rings is 1. The largest absolute Gasteiger partial charge is 0.380 e. The summed E-state index contributed by atoms with van der Waals surface area (Å²) in [6.07, 6.45) is 3.72. The Morgan fingerprint density at radius 1 is 1.38 bits per heavy atom. The SMILES string of the molecule is CN(CCN1CCCCC1=O)CC1(c2cccc(F)c2)CCOC1. The van der Waals surface area contributed by atoms with Gasteiger partial charge in [0.05, 0.1) is 6.61 Å². The minimum absolute atomic E-state index is 0.150. The van der Waals surface area contributed by atoms with Crippen molar-refractivity contribution in [3.8, 4) is 0 Å². The normalized spacial score (nSPS) is 24.8. The molecule has 1 aromatic rings. The third kappa shape index (κ3) is 3.95. The Morgan fingerprint density at radius 3 is 2.96 bits per heavy atom. The number of carbonyl (C=O) groups is 1.